The first-order chi connectivity index (χ1) is 9.99. The Kier molecular flexibility index (Phi) is 4.59. The number of aromatic nitrogens is 2. The number of amides is 1. The van der Waals surface area contributed by atoms with Crippen LogP contribution in [0, 0.1) is 0 Å². The van der Waals surface area contributed by atoms with Crippen molar-refractivity contribution in [2.45, 2.75) is 6.61 Å². The molecule has 1 heterocycles. The summed E-state index contributed by atoms with van der Waals surface area (Å²) in [7, 11) is 1.41. The number of nitrogens with one attached hydrogen (secondary N) is 2. The van der Waals surface area contributed by atoms with E-state index < -0.39 is 17.3 Å². The second kappa shape index (κ2) is 6.40. The van der Waals surface area contributed by atoms with E-state index >= 15 is 0 Å². The maximum Gasteiger partial charge on any atom is 0.413 e. The molecule has 0 aliphatic heterocycles. The summed E-state index contributed by atoms with van der Waals surface area (Å²) < 4.78 is 6.16. The molecule has 21 heavy (non-hydrogen) atoms. The van der Waals surface area contributed by atoms with Gasteiger partial charge in [-0.25, -0.2) is 9.59 Å². The van der Waals surface area contributed by atoms with E-state index in [1.165, 1.54) is 7.05 Å². The molecular weight excluding hydrogens is 342 g/mol. The van der Waals surface area contributed by atoms with Gasteiger partial charge in [0.2, 0.25) is 0 Å². The quantitative estimate of drug-likeness (QED) is 0.875. The van der Waals surface area contributed by atoms with Gasteiger partial charge in [-0.05, 0) is 21.5 Å². The second-order valence-electron chi connectivity index (χ2n) is 4.17. The topological polar surface area (TPSA) is 93.2 Å². The number of rotatable bonds is 3. The highest BCUT2D eigenvalue weighted by atomic mass is 79.9. The SMILES string of the molecule is Cn1c(NC(=O)OCc2ccccc2)c(Br)c(=O)[nH]c1=O. The third kappa shape index (κ3) is 3.60. The molecule has 7 nitrogen and oxygen atoms in total. The number of anilines is 1. The van der Waals surface area contributed by atoms with Crippen molar-refractivity contribution in [2.24, 2.45) is 7.05 Å². The third-order valence-corrected chi connectivity index (χ3v) is 3.44. The van der Waals surface area contributed by atoms with E-state index in [1.807, 2.05) is 30.3 Å². The summed E-state index contributed by atoms with van der Waals surface area (Å²) in [6, 6.07) is 9.13. The molecule has 110 valence electrons. The first-order valence-corrected chi connectivity index (χ1v) is 6.75. The van der Waals surface area contributed by atoms with Gasteiger partial charge >= 0.3 is 11.8 Å². The van der Waals surface area contributed by atoms with Gasteiger partial charge in [-0.1, -0.05) is 30.3 Å². The van der Waals surface area contributed by atoms with Gasteiger partial charge in [0.1, 0.15) is 16.9 Å². The molecule has 0 fully saturated rings. The molecule has 0 atom stereocenters. The number of benzene rings is 1. The van der Waals surface area contributed by atoms with Crippen molar-refractivity contribution in [1.82, 2.24) is 9.55 Å². The lowest BCUT2D eigenvalue weighted by Gasteiger charge is -2.11. The minimum atomic E-state index is -0.764. The van der Waals surface area contributed by atoms with E-state index in [0.29, 0.717) is 0 Å². The van der Waals surface area contributed by atoms with Crippen molar-refractivity contribution in [1.29, 1.82) is 0 Å². The maximum absolute atomic E-state index is 11.7. The molecular formula is C13H12BrN3O4. The Hall–Kier alpha value is -2.35. The lowest BCUT2D eigenvalue weighted by molar-refractivity contribution is 0.155. The summed E-state index contributed by atoms with van der Waals surface area (Å²) in [5.41, 5.74) is -0.440. The maximum atomic E-state index is 11.7. The van der Waals surface area contributed by atoms with E-state index in [4.69, 9.17) is 4.74 Å². The average molecular weight is 354 g/mol. The fourth-order valence-corrected chi connectivity index (χ4v) is 2.05. The highest BCUT2D eigenvalue weighted by Gasteiger charge is 2.13. The molecule has 0 spiro atoms. The molecule has 0 saturated carbocycles. The molecule has 2 N–H and O–H groups in total. The van der Waals surface area contributed by atoms with Crippen LogP contribution in [-0.4, -0.2) is 15.6 Å². The molecule has 2 aromatic rings. The van der Waals surface area contributed by atoms with E-state index in [1.54, 1.807) is 0 Å². The van der Waals surface area contributed by atoms with Crippen LogP contribution < -0.4 is 16.6 Å². The zero-order valence-electron chi connectivity index (χ0n) is 11.1. The third-order valence-electron chi connectivity index (χ3n) is 2.70. The van der Waals surface area contributed by atoms with Crippen LogP contribution in [0.15, 0.2) is 44.4 Å². The second-order valence-corrected chi connectivity index (χ2v) is 4.96. The van der Waals surface area contributed by atoms with Crippen LogP contribution in [-0.2, 0) is 18.4 Å². The van der Waals surface area contributed by atoms with Crippen LogP contribution in [0.3, 0.4) is 0 Å². The summed E-state index contributed by atoms with van der Waals surface area (Å²) in [6.07, 6.45) is -0.764. The van der Waals surface area contributed by atoms with E-state index in [9.17, 15) is 14.4 Å². The fraction of sp³-hybridized carbons (Fsp3) is 0.154. The smallest absolute Gasteiger partial charge is 0.413 e. The van der Waals surface area contributed by atoms with Gasteiger partial charge in [-0.2, -0.15) is 0 Å². The summed E-state index contributed by atoms with van der Waals surface area (Å²) in [5, 5.41) is 2.37. The number of hydrogen-bond acceptors (Lipinski definition) is 4. The number of carbonyl (C=O) groups is 1. The van der Waals surface area contributed by atoms with E-state index in [-0.39, 0.29) is 16.9 Å². The lowest BCUT2D eigenvalue weighted by atomic mass is 10.2. The molecule has 1 aromatic heterocycles. The Labute approximate surface area is 127 Å². The average Bonchev–Trinajstić information content (AvgIpc) is 2.48. The van der Waals surface area contributed by atoms with Crippen LogP contribution in [0.4, 0.5) is 10.6 Å². The van der Waals surface area contributed by atoms with E-state index in [2.05, 4.69) is 26.2 Å². The Balaban J connectivity index is 2.10. The minimum Gasteiger partial charge on any atom is -0.444 e. The highest BCUT2D eigenvalue weighted by molar-refractivity contribution is 9.10. The van der Waals surface area contributed by atoms with Crippen LogP contribution in [0.25, 0.3) is 0 Å². The Morgan fingerprint density at radius 1 is 1.33 bits per heavy atom. The monoisotopic (exact) mass is 353 g/mol. The van der Waals surface area contributed by atoms with Gasteiger partial charge in [0.25, 0.3) is 5.56 Å². The first kappa shape index (κ1) is 15.0. The number of hydrogen-bond donors (Lipinski definition) is 2. The first-order valence-electron chi connectivity index (χ1n) is 5.95. The molecule has 1 aromatic carbocycles. The Morgan fingerprint density at radius 3 is 2.67 bits per heavy atom. The highest BCUT2D eigenvalue weighted by Crippen LogP contribution is 2.15. The summed E-state index contributed by atoms with van der Waals surface area (Å²) in [6.45, 7) is 0.0848. The van der Waals surface area contributed by atoms with Gasteiger partial charge in [0.05, 0.1) is 0 Å². The molecule has 0 aliphatic carbocycles. The predicted molar refractivity (Wildman–Crippen MR) is 80.3 cm³/mol. The van der Waals surface area contributed by atoms with Crippen molar-refractivity contribution in [3.63, 3.8) is 0 Å². The number of ether oxygens (including phenoxy) is 1. The van der Waals surface area contributed by atoms with Crippen LogP contribution in [0.5, 0.6) is 0 Å². The molecule has 0 unspecified atom stereocenters. The predicted octanol–water partition coefficient (Wildman–Crippen LogP) is 1.58. The summed E-state index contributed by atoms with van der Waals surface area (Å²) in [4.78, 5) is 36.8. The van der Waals surface area contributed by atoms with Crippen LogP contribution in [0.2, 0.25) is 0 Å². The zero-order valence-corrected chi connectivity index (χ0v) is 12.6. The van der Waals surface area contributed by atoms with Crippen LogP contribution >= 0.6 is 15.9 Å². The van der Waals surface area contributed by atoms with Crippen molar-refractivity contribution in [3.8, 4) is 0 Å². The van der Waals surface area contributed by atoms with Crippen molar-refractivity contribution in [2.75, 3.05) is 5.32 Å². The summed E-state index contributed by atoms with van der Waals surface area (Å²) in [5.74, 6) is 0.0295. The normalized spacial score (nSPS) is 10.2. The molecule has 0 saturated heterocycles. The largest absolute Gasteiger partial charge is 0.444 e. The molecule has 0 radical (unpaired) electrons. The Morgan fingerprint density at radius 2 is 2.00 bits per heavy atom. The zero-order chi connectivity index (χ0) is 15.4. The number of aromatic amines is 1. The number of carbonyl (C=O) groups excluding carboxylic acids is 1. The molecule has 0 bridgehead atoms. The molecule has 8 heteroatoms. The number of halogens is 1. The fourth-order valence-electron chi connectivity index (χ4n) is 1.59. The minimum absolute atomic E-state index is 0.0295. The van der Waals surface area contributed by atoms with E-state index in [0.717, 1.165) is 10.1 Å². The molecule has 0 aliphatic rings. The van der Waals surface area contributed by atoms with Crippen molar-refractivity contribution in [3.05, 3.63) is 61.2 Å². The van der Waals surface area contributed by atoms with Gasteiger partial charge in [0.15, 0.2) is 0 Å². The van der Waals surface area contributed by atoms with Crippen LogP contribution in [0.1, 0.15) is 5.56 Å². The van der Waals surface area contributed by atoms with Gasteiger partial charge < -0.3 is 4.74 Å². The number of H-pyrrole nitrogens is 1. The summed E-state index contributed by atoms with van der Waals surface area (Å²) >= 11 is 3.02. The van der Waals surface area contributed by atoms with Crippen molar-refractivity contribution < 1.29 is 9.53 Å². The van der Waals surface area contributed by atoms with Gasteiger partial charge in [-0.3, -0.25) is 19.7 Å². The lowest BCUT2D eigenvalue weighted by Crippen LogP contribution is -2.32. The van der Waals surface area contributed by atoms with Crippen molar-refractivity contribution >= 4 is 27.8 Å². The Bertz CT molecular complexity index is 733. The standard InChI is InChI=1S/C13H12BrN3O4/c1-17-10(9(14)11(18)16-12(17)19)15-13(20)21-7-8-5-3-2-4-6-8/h2-6H,7H2,1H3,(H,15,20)(H,16,18,19). The van der Waals surface area contributed by atoms with Gasteiger partial charge in [-0.15, -0.1) is 0 Å². The number of nitrogens with zero attached hydrogens (tertiary/aromatic N) is 1. The molecule has 2 rings (SSSR count). The van der Waals surface area contributed by atoms with Gasteiger partial charge in [0, 0.05) is 7.05 Å². The molecule has 1 amide bonds.